The van der Waals surface area contributed by atoms with E-state index in [1.165, 1.54) is 18.2 Å². The van der Waals surface area contributed by atoms with Gasteiger partial charge in [0.15, 0.2) is 0 Å². The average Bonchev–Trinajstić information content (AvgIpc) is 2.77. The van der Waals surface area contributed by atoms with Crippen LogP contribution in [-0.2, 0) is 4.79 Å². The number of anilines is 1. The molecule has 1 aromatic rings. The lowest BCUT2D eigenvalue weighted by atomic mass is 10.1. The molecule has 0 unspecified atom stereocenters. The van der Waals surface area contributed by atoms with E-state index < -0.39 is 5.82 Å². The molecule has 1 N–H and O–H groups in total. The van der Waals surface area contributed by atoms with Gasteiger partial charge >= 0.3 is 0 Å². The maximum absolute atomic E-state index is 12.9. The summed E-state index contributed by atoms with van der Waals surface area (Å²) in [6.45, 7) is 0. The van der Waals surface area contributed by atoms with E-state index in [1.54, 1.807) is 0 Å². The molecule has 1 amide bonds. The molecule has 1 saturated carbocycles. The Bertz CT molecular complexity index is 402. The van der Waals surface area contributed by atoms with Crippen molar-refractivity contribution in [2.45, 2.75) is 25.7 Å². The minimum absolute atomic E-state index is 0.0141. The number of benzene rings is 1. The Balaban J connectivity index is 2.02. The van der Waals surface area contributed by atoms with Crippen molar-refractivity contribution in [2.24, 2.45) is 5.92 Å². The first-order valence-electron chi connectivity index (χ1n) is 5.43. The molecule has 1 fully saturated rings. The molecule has 0 aliphatic heterocycles. The molecule has 1 aliphatic rings. The van der Waals surface area contributed by atoms with Crippen LogP contribution in [0.5, 0.6) is 0 Å². The zero-order chi connectivity index (χ0) is 11.5. The second kappa shape index (κ2) is 4.83. The first-order valence-corrected chi connectivity index (χ1v) is 5.80. The standard InChI is InChI=1S/C12H13ClFNO/c13-10-7-9(5-6-11(10)14)15-12(16)8-3-1-2-4-8/h5-8H,1-4H2,(H,15,16). The number of hydrogen-bond acceptors (Lipinski definition) is 1. The van der Waals surface area contributed by atoms with E-state index in [4.69, 9.17) is 11.6 Å². The van der Waals surface area contributed by atoms with Crippen LogP contribution < -0.4 is 5.32 Å². The number of amides is 1. The normalized spacial score (nSPS) is 16.4. The zero-order valence-electron chi connectivity index (χ0n) is 8.80. The largest absolute Gasteiger partial charge is 0.326 e. The van der Waals surface area contributed by atoms with Crippen molar-refractivity contribution >= 4 is 23.2 Å². The van der Waals surface area contributed by atoms with E-state index in [0.717, 1.165) is 25.7 Å². The second-order valence-electron chi connectivity index (χ2n) is 4.10. The molecule has 2 nitrogen and oxygen atoms in total. The van der Waals surface area contributed by atoms with Gasteiger partial charge in [-0.15, -0.1) is 0 Å². The molecule has 0 bridgehead atoms. The molecule has 0 heterocycles. The molecule has 1 aliphatic carbocycles. The van der Waals surface area contributed by atoms with Crippen LogP contribution in [0, 0.1) is 11.7 Å². The maximum atomic E-state index is 12.9. The fourth-order valence-electron chi connectivity index (χ4n) is 2.01. The first kappa shape index (κ1) is 11.4. The van der Waals surface area contributed by atoms with Gasteiger partial charge in [0.05, 0.1) is 5.02 Å². The fraction of sp³-hybridized carbons (Fsp3) is 0.417. The van der Waals surface area contributed by atoms with Crippen LogP contribution in [0.4, 0.5) is 10.1 Å². The van der Waals surface area contributed by atoms with Gasteiger partial charge in [0.2, 0.25) is 5.91 Å². The molecule has 0 aromatic heterocycles. The maximum Gasteiger partial charge on any atom is 0.227 e. The highest BCUT2D eigenvalue weighted by molar-refractivity contribution is 6.31. The van der Waals surface area contributed by atoms with Gasteiger partial charge in [0, 0.05) is 11.6 Å². The molecular weight excluding hydrogens is 229 g/mol. The highest BCUT2D eigenvalue weighted by Crippen LogP contribution is 2.26. The van der Waals surface area contributed by atoms with Crippen molar-refractivity contribution in [3.8, 4) is 0 Å². The highest BCUT2D eigenvalue weighted by atomic mass is 35.5. The van der Waals surface area contributed by atoms with E-state index >= 15 is 0 Å². The summed E-state index contributed by atoms with van der Waals surface area (Å²) in [5, 5.41) is 2.79. The van der Waals surface area contributed by atoms with Gasteiger partial charge in [-0.2, -0.15) is 0 Å². The topological polar surface area (TPSA) is 29.1 Å². The third-order valence-electron chi connectivity index (χ3n) is 2.91. The number of hydrogen-bond donors (Lipinski definition) is 1. The van der Waals surface area contributed by atoms with Crippen LogP contribution in [0.15, 0.2) is 18.2 Å². The third-order valence-corrected chi connectivity index (χ3v) is 3.20. The SMILES string of the molecule is O=C(Nc1ccc(F)c(Cl)c1)C1CCCC1. The number of rotatable bonds is 2. The Kier molecular flexibility index (Phi) is 3.44. The third kappa shape index (κ3) is 2.53. The van der Waals surface area contributed by atoms with Crippen LogP contribution in [-0.4, -0.2) is 5.91 Å². The lowest BCUT2D eigenvalue weighted by Crippen LogP contribution is -2.20. The van der Waals surface area contributed by atoms with E-state index in [1.807, 2.05) is 0 Å². The minimum atomic E-state index is -0.472. The van der Waals surface area contributed by atoms with Crippen LogP contribution in [0.2, 0.25) is 5.02 Å². The number of nitrogens with one attached hydrogen (secondary N) is 1. The molecule has 2 rings (SSSR count). The average molecular weight is 242 g/mol. The summed E-state index contributed by atoms with van der Waals surface area (Å²) in [4.78, 5) is 11.8. The minimum Gasteiger partial charge on any atom is -0.326 e. The van der Waals surface area contributed by atoms with E-state index in [0.29, 0.717) is 5.69 Å². The van der Waals surface area contributed by atoms with Crippen molar-refractivity contribution in [3.05, 3.63) is 29.0 Å². The van der Waals surface area contributed by atoms with Crippen LogP contribution in [0.1, 0.15) is 25.7 Å². The number of halogens is 2. The van der Waals surface area contributed by atoms with E-state index in [2.05, 4.69) is 5.32 Å². The summed E-state index contributed by atoms with van der Waals surface area (Å²) in [6.07, 6.45) is 4.12. The summed E-state index contributed by atoms with van der Waals surface area (Å²) in [5.41, 5.74) is 0.559. The van der Waals surface area contributed by atoms with Gasteiger partial charge < -0.3 is 5.32 Å². The smallest absolute Gasteiger partial charge is 0.227 e. The molecular formula is C12H13ClFNO. The number of carbonyl (C=O) groups excluding carboxylic acids is 1. The van der Waals surface area contributed by atoms with Crippen molar-refractivity contribution in [1.29, 1.82) is 0 Å². The van der Waals surface area contributed by atoms with Crippen LogP contribution >= 0.6 is 11.6 Å². The Morgan fingerprint density at radius 2 is 2.06 bits per heavy atom. The van der Waals surface area contributed by atoms with Crippen molar-refractivity contribution < 1.29 is 9.18 Å². The Labute approximate surface area is 98.8 Å². The fourth-order valence-corrected chi connectivity index (χ4v) is 2.19. The summed E-state index contributed by atoms with van der Waals surface area (Å²) in [6, 6.07) is 4.21. The molecule has 86 valence electrons. The Morgan fingerprint density at radius 1 is 1.38 bits per heavy atom. The van der Waals surface area contributed by atoms with Crippen molar-refractivity contribution in [2.75, 3.05) is 5.32 Å². The first-order chi connectivity index (χ1) is 7.66. The quantitative estimate of drug-likeness (QED) is 0.842. The monoisotopic (exact) mass is 241 g/mol. The highest BCUT2D eigenvalue weighted by Gasteiger charge is 2.22. The van der Waals surface area contributed by atoms with E-state index in [9.17, 15) is 9.18 Å². The predicted octanol–water partition coefficient (Wildman–Crippen LogP) is 3.61. The van der Waals surface area contributed by atoms with Gasteiger partial charge in [-0.05, 0) is 31.0 Å². The summed E-state index contributed by atoms with van der Waals surface area (Å²) >= 11 is 5.63. The van der Waals surface area contributed by atoms with Crippen LogP contribution in [0.3, 0.4) is 0 Å². The Hall–Kier alpha value is -1.09. The number of carbonyl (C=O) groups is 1. The summed E-state index contributed by atoms with van der Waals surface area (Å²) in [7, 11) is 0. The lowest BCUT2D eigenvalue weighted by Gasteiger charge is -2.10. The zero-order valence-corrected chi connectivity index (χ0v) is 9.56. The van der Waals surface area contributed by atoms with Gasteiger partial charge in [-0.25, -0.2) is 4.39 Å². The molecule has 0 radical (unpaired) electrons. The van der Waals surface area contributed by atoms with Crippen molar-refractivity contribution in [1.82, 2.24) is 0 Å². The Morgan fingerprint density at radius 3 is 2.69 bits per heavy atom. The molecule has 16 heavy (non-hydrogen) atoms. The summed E-state index contributed by atoms with van der Waals surface area (Å²) in [5.74, 6) is -0.357. The summed E-state index contributed by atoms with van der Waals surface area (Å²) < 4.78 is 12.9. The molecule has 0 atom stereocenters. The van der Waals surface area contributed by atoms with Gasteiger partial charge in [0.25, 0.3) is 0 Å². The lowest BCUT2D eigenvalue weighted by molar-refractivity contribution is -0.119. The molecule has 0 spiro atoms. The van der Waals surface area contributed by atoms with Crippen molar-refractivity contribution in [3.63, 3.8) is 0 Å². The molecule has 4 heteroatoms. The predicted molar refractivity (Wildman–Crippen MR) is 62.0 cm³/mol. The van der Waals surface area contributed by atoms with Gasteiger partial charge in [-0.1, -0.05) is 24.4 Å². The second-order valence-corrected chi connectivity index (χ2v) is 4.51. The van der Waals surface area contributed by atoms with E-state index in [-0.39, 0.29) is 16.8 Å². The van der Waals surface area contributed by atoms with Gasteiger partial charge in [0.1, 0.15) is 5.82 Å². The molecule has 0 saturated heterocycles. The van der Waals surface area contributed by atoms with Crippen LogP contribution in [0.25, 0.3) is 0 Å². The molecule has 1 aromatic carbocycles. The van der Waals surface area contributed by atoms with Gasteiger partial charge in [-0.3, -0.25) is 4.79 Å².